The van der Waals surface area contributed by atoms with E-state index >= 15 is 0 Å². The van der Waals surface area contributed by atoms with Crippen LogP contribution in [0.4, 0.5) is 0 Å². The van der Waals surface area contributed by atoms with Crippen molar-refractivity contribution in [3.63, 3.8) is 0 Å². The molecule has 0 bridgehead atoms. The van der Waals surface area contributed by atoms with E-state index in [-0.39, 0.29) is 5.78 Å². The van der Waals surface area contributed by atoms with Gasteiger partial charge in [0.15, 0.2) is 17.3 Å². The van der Waals surface area contributed by atoms with Gasteiger partial charge in [0.25, 0.3) is 0 Å². The van der Waals surface area contributed by atoms with Gasteiger partial charge in [-0.1, -0.05) is 13.0 Å². The van der Waals surface area contributed by atoms with Gasteiger partial charge < -0.3 is 19.5 Å². The number of ether oxygens (including phenoxy) is 3. The second kappa shape index (κ2) is 11.4. The van der Waals surface area contributed by atoms with E-state index in [1.807, 2.05) is 13.8 Å². The van der Waals surface area contributed by atoms with Crippen molar-refractivity contribution < 1.29 is 28.6 Å². The summed E-state index contributed by atoms with van der Waals surface area (Å²) in [6.45, 7) is 7.72. The first-order valence-corrected chi connectivity index (χ1v) is 12.5. The summed E-state index contributed by atoms with van der Waals surface area (Å²) in [4.78, 5) is 37.7. The minimum atomic E-state index is -0.578. The normalized spacial score (nSPS) is 17.9. The average molecular weight is 474 g/mol. The van der Waals surface area contributed by atoms with Crippen LogP contribution in [0.5, 0.6) is 11.5 Å². The third kappa shape index (κ3) is 5.79. The Morgan fingerprint density at radius 3 is 2.67 bits per heavy atom. The molecule has 0 spiro atoms. The molecule has 0 aromatic heterocycles. The zero-order valence-corrected chi connectivity index (χ0v) is 20.4. The van der Waals surface area contributed by atoms with Crippen LogP contribution in [0, 0.1) is 0 Å². The van der Waals surface area contributed by atoms with Crippen LogP contribution in [-0.2, 0) is 19.1 Å². The topological polar surface area (TPSA) is 90.9 Å². The highest BCUT2D eigenvalue weighted by atomic mass is 32.2. The van der Waals surface area contributed by atoms with Crippen LogP contribution in [0.1, 0.15) is 58.4 Å². The van der Waals surface area contributed by atoms with Gasteiger partial charge in [0.2, 0.25) is 0 Å². The summed E-state index contributed by atoms with van der Waals surface area (Å²) in [5, 5.41) is 3.29. The molecular weight excluding hydrogens is 442 g/mol. The molecule has 7 nitrogen and oxygen atoms in total. The summed E-state index contributed by atoms with van der Waals surface area (Å²) >= 11 is 1.70. The molecule has 33 heavy (non-hydrogen) atoms. The monoisotopic (exact) mass is 473 g/mol. The quantitative estimate of drug-likeness (QED) is 0.323. The lowest BCUT2D eigenvalue weighted by molar-refractivity contribution is -0.138. The number of Topliss-reactive ketones (excluding diaryl/α,β-unsaturated/α-hetero) is 1. The standard InChI is InChI=1S/C25H31NO6S/c1-5-30-21-14-17(10-11-20(21)32-16(4)27)23-22(25(29)31-12-13-33-6-2)15(3)26-18-8-7-9-19(28)24(18)23/h10-11,14,23,26H,5-9,12-13H2,1-4H3/t23-/m1/s1. The van der Waals surface area contributed by atoms with Gasteiger partial charge in [-0.2, -0.15) is 11.8 Å². The molecule has 1 aliphatic carbocycles. The molecule has 0 amide bonds. The molecular formula is C25H31NO6S. The highest BCUT2D eigenvalue weighted by Crippen LogP contribution is 2.44. The lowest BCUT2D eigenvalue weighted by Crippen LogP contribution is -2.34. The molecule has 2 aliphatic rings. The maximum absolute atomic E-state index is 13.2. The second-order valence-electron chi connectivity index (χ2n) is 7.83. The first-order chi connectivity index (χ1) is 15.9. The minimum absolute atomic E-state index is 0.0233. The summed E-state index contributed by atoms with van der Waals surface area (Å²) < 4.78 is 16.6. The number of thioether (sulfide) groups is 1. The number of nitrogens with one attached hydrogen (secondary N) is 1. The SMILES string of the molecule is CCOc1cc([C@@H]2C(C(=O)OCCSCC)=C(C)NC3=C2C(=O)CCC3)ccc1OC(C)=O. The number of esters is 2. The van der Waals surface area contributed by atoms with E-state index in [4.69, 9.17) is 14.2 Å². The molecule has 178 valence electrons. The van der Waals surface area contributed by atoms with Gasteiger partial charge in [-0.3, -0.25) is 9.59 Å². The molecule has 0 fully saturated rings. The van der Waals surface area contributed by atoms with Gasteiger partial charge in [-0.05, 0) is 50.1 Å². The molecule has 1 heterocycles. The Bertz CT molecular complexity index is 997. The first kappa shape index (κ1) is 24.9. The predicted octanol–water partition coefficient (Wildman–Crippen LogP) is 4.27. The molecule has 1 N–H and O–H groups in total. The molecule has 1 aliphatic heterocycles. The number of hydrogen-bond acceptors (Lipinski definition) is 8. The van der Waals surface area contributed by atoms with E-state index in [0.717, 1.165) is 24.3 Å². The largest absolute Gasteiger partial charge is 0.490 e. The van der Waals surface area contributed by atoms with Crippen molar-refractivity contribution >= 4 is 29.5 Å². The van der Waals surface area contributed by atoms with Gasteiger partial charge >= 0.3 is 11.9 Å². The number of carbonyl (C=O) groups is 3. The molecule has 1 aromatic rings. The predicted molar refractivity (Wildman–Crippen MR) is 127 cm³/mol. The van der Waals surface area contributed by atoms with Crippen LogP contribution in [-0.4, -0.2) is 42.4 Å². The molecule has 8 heteroatoms. The first-order valence-electron chi connectivity index (χ1n) is 11.3. The number of carbonyl (C=O) groups excluding carboxylic acids is 3. The maximum atomic E-state index is 13.2. The number of rotatable bonds is 9. The van der Waals surface area contributed by atoms with Crippen LogP contribution in [0.15, 0.2) is 40.7 Å². The van der Waals surface area contributed by atoms with E-state index < -0.39 is 17.9 Å². The molecule has 1 atom stereocenters. The Balaban J connectivity index is 2.06. The van der Waals surface area contributed by atoms with Crippen molar-refractivity contribution in [2.45, 2.75) is 52.9 Å². The van der Waals surface area contributed by atoms with E-state index in [0.29, 0.717) is 59.3 Å². The third-order valence-corrected chi connectivity index (χ3v) is 6.38. The van der Waals surface area contributed by atoms with Crippen LogP contribution in [0.2, 0.25) is 0 Å². The maximum Gasteiger partial charge on any atom is 0.336 e. The molecule has 1 aromatic carbocycles. The van der Waals surface area contributed by atoms with Gasteiger partial charge in [0, 0.05) is 42.0 Å². The van der Waals surface area contributed by atoms with E-state index in [2.05, 4.69) is 12.2 Å². The zero-order valence-electron chi connectivity index (χ0n) is 19.6. The fourth-order valence-corrected chi connectivity index (χ4v) is 4.70. The number of ketones is 1. The zero-order chi connectivity index (χ0) is 24.0. The van der Waals surface area contributed by atoms with Crippen molar-refractivity contribution in [3.05, 3.63) is 46.3 Å². The van der Waals surface area contributed by atoms with Crippen molar-refractivity contribution in [2.75, 3.05) is 24.7 Å². The Kier molecular flexibility index (Phi) is 8.61. The lowest BCUT2D eigenvalue weighted by Gasteiger charge is -2.34. The van der Waals surface area contributed by atoms with Gasteiger partial charge in [0.1, 0.15) is 6.61 Å². The van der Waals surface area contributed by atoms with Crippen molar-refractivity contribution in [1.82, 2.24) is 5.32 Å². The lowest BCUT2D eigenvalue weighted by atomic mass is 9.75. The second-order valence-corrected chi connectivity index (χ2v) is 9.23. The number of benzene rings is 1. The fourth-order valence-electron chi connectivity index (χ4n) is 4.21. The summed E-state index contributed by atoms with van der Waals surface area (Å²) in [5.74, 6) is 0.901. The minimum Gasteiger partial charge on any atom is -0.490 e. The Labute approximate surface area is 198 Å². The van der Waals surface area contributed by atoms with E-state index in [9.17, 15) is 14.4 Å². The molecule has 0 radical (unpaired) electrons. The van der Waals surface area contributed by atoms with Crippen LogP contribution >= 0.6 is 11.8 Å². The highest BCUT2D eigenvalue weighted by Gasteiger charge is 2.39. The number of allylic oxidation sites excluding steroid dienone is 3. The van der Waals surface area contributed by atoms with Gasteiger partial charge in [-0.25, -0.2) is 4.79 Å². The molecule has 0 unspecified atom stereocenters. The molecule has 0 saturated heterocycles. The molecule has 0 saturated carbocycles. The average Bonchev–Trinajstić information content (AvgIpc) is 2.77. The molecule has 3 rings (SSSR count). The van der Waals surface area contributed by atoms with E-state index in [1.54, 1.807) is 30.0 Å². The van der Waals surface area contributed by atoms with E-state index in [1.165, 1.54) is 6.92 Å². The third-order valence-electron chi connectivity index (χ3n) is 5.52. The Morgan fingerprint density at radius 2 is 1.97 bits per heavy atom. The van der Waals surface area contributed by atoms with Crippen LogP contribution in [0.3, 0.4) is 0 Å². The Morgan fingerprint density at radius 1 is 1.18 bits per heavy atom. The fraction of sp³-hybridized carbons (Fsp3) is 0.480. The van der Waals surface area contributed by atoms with Crippen LogP contribution in [0.25, 0.3) is 0 Å². The number of hydrogen-bond donors (Lipinski definition) is 1. The van der Waals surface area contributed by atoms with Crippen molar-refractivity contribution in [1.29, 1.82) is 0 Å². The Hall–Kier alpha value is -2.74. The number of dihydropyridines is 1. The van der Waals surface area contributed by atoms with Gasteiger partial charge in [0.05, 0.1) is 12.2 Å². The van der Waals surface area contributed by atoms with Crippen molar-refractivity contribution in [3.8, 4) is 11.5 Å². The van der Waals surface area contributed by atoms with Crippen molar-refractivity contribution in [2.24, 2.45) is 0 Å². The summed E-state index contributed by atoms with van der Waals surface area (Å²) in [5.41, 5.74) is 3.28. The van der Waals surface area contributed by atoms with Crippen LogP contribution < -0.4 is 14.8 Å². The smallest absolute Gasteiger partial charge is 0.336 e. The van der Waals surface area contributed by atoms with Gasteiger partial charge in [-0.15, -0.1) is 0 Å². The summed E-state index contributed by atoms with van der Waals surface area (Å²) in [6.07, 6.45) is 1.96. The summed E-state index contributed by atoms with van der Waals surface area (Å²) in [6, 6.07) is 5.17. The highest BCUT2D eigenvalue weighted by molar-refractivity contribution is 7.99. The summed E-state index contributed by atoms with van der Waals surface area (Å²) in [7, 11) is 0.